The number of aryl methyl sites for hydroxylation is 1. The van der Waals surface area contributed by atoms with Crippen LogP contribution < -0.4 is 10.9 Å². The lowest BCUT2D eigenvalue weighted by molar-refractivity contribution is -0.153. The van der Waals surface area contributed by atoms with Crippen molar-refractivity contribution >= 4 is 51.8 Å². The van der Waals surface area contributed by atoms with Crippen molar-refractivity contribution < 1.29 is 14.3 Å². The minimum atomic E-state index is -1.06. The van der Waals surface area contributed by atoms with Crippen molar-refractivity contribution in [2.75, 3.05) is 5.32 Å². The number of carbonyl (C=O) groups excluding carboxylic acids is 2. The van der Waals surface area contributed by atoms with Crippen LogP contribution in [0.5, 0.6) is 0 Å². The molecule has 0 aliphatic rings. The number of hydrogen-bond donors (Lipinski definition) is 2. The quantitative estimate of drug-likeness (QED) is 0.576. The van der Waals surface area contributed by atoms with Crippen molar-refractivity contribution in [1.29, 1.82) is 0 Å². The topological polar surface area (TPSA) is 101 Å². The first-order valence-corrected chi connectivity index (χ1v) is 9.53. The molecule has 7 nitrogen and oxygen atoms in total. The van der Waals surface area contributed by atoms with Crippen molar-refractivity contribution in [3.8, 4) is 0 Å². The highest BCUT2D eigenvalue weighted by molar-refractivity contribution is 6.44. The molecule has 29 heavy (non-hydrogen) atoms. The molecule has 0 spiro atoms. The van der Waals surface area contributed by atoms with Crippen LogP contribution in [-0.2, 0) is 20.7 Å². The molecule has 1 aromatic heterocycles. The first-order valence-electron chi connectivity index (χ1n) is 8.77. The first-order chi connectivity index (χ1) is 13.8. The molecule has 0 aliphatic carbocycles. The van der Waals surface area contributed by atoms with E-state index in [2.05, 4.69) is 15.3 Å². The average Bonchev–Trinajstić information content (AvgIpc) is 2.69. The van der Waals surface area contributed by atoms with Gasteiger partial charge in [-0.15, -0.1) is 0 Å². The Kier molecular flexibility index (Phi) is 6.51. The van der Waals surface area contributed by atoms with Crippen LogP contribution in [0.1, 0.15) is 19.0 Å². The van der Waals surface area contributed by atoms with Gasteiger partial charge >= 0.3 is 5.97 Å². The maximum absolute atomic E-state index is 12.2. The molecule has 1 atom stereocenters. The molecule has 1 amide bonds. The highest BCUT2D eigenvalue weighted by atomic mass is 35.5. The predicted molar refractivity (Wildman–Crippen MR) is 111 cm³/mol. The van der Waals surface area contributed by atoms with Gasteiger partial charge in [0.05, 0.1) is 33.2 Å². The van der Waals surface area contributed by atoms with E-state index in [1.165, 1.54) is 6.92 Å². The maximum Gasteiger partial charge on any atom is 0.306 e. The minimum Gasteiger partial charge on any atom is -0.453 e. The van der Waals surface area contributed by atoms with Gasteiger partial charge in [-0.25, -0.2) is 4.98 Å². The zero-order chi connectivity index (χ0) is 21.0. The molecule has 2 aromatic carbocycles. The first kappa shape index (κ1) is 20.8. The van der Waals surface area contributed by atoms with Crippen LogP contribution in [0.3, 0.4) is 0 Å². The van der Waals surface area contributed by atoms with Crippen molar-refractivity contribution in [3.05, 3.63) is 68.6 Å². The minimum absolute atomic E-state index is 0.0907. The van der Waals surface area contributed by atoms with E-state index in [1.807, 2.05) is 0 Å². The summed E-state index contributed by atoms with van der Waals surface area (Å²) >= 11 is 11.9. The summed E-state index contributed by atoms with van der Waals surface area (Å²) in [5.41, 5.74) is 1.43. The summed E-state index contributed by atoms with van der Waals surface area (Å²) in [6, 6.07) is 11.9. The number of para-hydroxylation sites is 2. The van der Waals surface area contributed by atoms with Gasteiger partial charge in [-0.1, -0.05) is 41.4 Å². The fourth-order valence-electron chi connectivity index (χ4n) is 2.60. The van der Waals surface area contributed by atoms with E-state index < -0.39 is 18.0 Å². The van der Waals surface area contributed by atoms with Gasteiger partial charge in [0.1, 0.15) is 5.69 Å². The van der Waals surface area contributed by atoms with Gasteiger partial charge in [0, 0.05) is 6.42 Å². The number of nitrogens with one attached hydrogen (secondary N) is 2. The highest BCUT2D eigenvalue weighted by Crippen LogP contribution is 2.29. The number of fused-ring (bicyclic) bond motifs is 1. The lowest BCUT2D eigenvalue weighted by atomic mass is 10.2. The van der Waals surface area contributed by atoms with Crippen molar-refractivity contribution in [2.24, 2.45) is 0 Å². The number of anilines is 1. The lowest BCUT2D eigenvalue weighted by Gasteiger charge is -2.14. The summed E-state index contributed by atoms with van der Waals surface area (Å²) in [6.07, 6.45) is -1.06. The second-order valence-electron chi connectivity index (χ2n) is 6.25. The van der Waals surface area contributed by atoms with Gasteiger partial charge in [0.15, 0.2) is 6.10 Å². The summed E-state index contributed by atoms with van der Waals surface area (Å²) in [5, 5.41) is 3.05. The van der Waals surface area contributed by atoms with E-state index in [0.717, 1.165) is 0 Å². The Labute approximate surface area is 176 Å². The standard InChI is InChI=1S/C20H17Cl2N3O4/c1-11(19(27)25-15-8-4-5-12(21)18(15)22)29-17(26)10-9-16-20(28)24-14-7-3-2-6-13(14)23-16/h2-8,11H,9-10H2,1H3,(H,24,28)(H,25,27)/t11-/m0/s1. The van der Waals surface area contributed by atoms with Crippen LogP contribution >= 0.6 is 23.2 Å². The van der Waals surface area contributed by atoms with E-state index >= 15 is 0 Å². The molecular weight excluding hydrogens is 417 g/mol. The number of hydrogen-bond acceptors (Lipinski definition) is 5. The predicted octanol–water partition coefficient (Wildman–Crippen LogP) is 3.73. The van der Waals surface area contributed by atoms with E-state index in [-0.39, 0.29) is 29.1 Å². The fourth-order valence-corrected chi connectivity index (χ4v) is 2.95. The molecular formula is C20H17Cl2N3O4. The van der Waals surface area contributed by atoms with Gasteiger partial charge in [0.25, 0.3) is 11.5 Å². The molecule has 0 fully saturated rings. The monoisotopic (exact) mass is 433 g/mol. The molecule has 0 radical (unpaired) electrons. The SMILES string of the molecule is C[C@H](OC(=O)CCc1nc2ccccc2[nH]c1=O)C(=O)Nc1cccc(Cl)c1Cl. The molecule has 9 heteroatoms. The van der Waals surface area contributed by atoms with Gasteiger partial charge in [-0.05, 0) is 31.2 Å². The van der Waals surface area contributed by atoms with E-state index in [1.54, 1.807) is 42.5 Å². The van der Waals surface area contributed by atoms with E-state index in [4.69, 9.17) is 27.9 Å². The third kappa shape index (κ3) is 5.13. The largest absolute Gasteiger partial charge is 0.453 e. The van der Waals surface area contributed by atoms with Crippen LogP contribution in [0.25, 0.3) is 11.0 Å². The Morgan fingerprint density at radius 3 is 2.72 bits per heavy atom. The molecule has 0 unspecified atom stereocenters. The molecule has 0 bridgehead atoms. The van der Waals surface area contributed by atoms with Crippen LogP contribution in [0.4, 0.5) is 5.69 Å². The van der Waals surface area contributed by atoms with E-state index in [0.29, 0.717) is 21.7 Å². The third-order valence-corrected chi connectivity index (χ3v) is 4.94. The number of nitrogens with zero attached hydrogens (tertiary/aromatic N) is 1. The number of halogens is 2. The average molecular weight is 434 g/mol. The third-order valence-electron chi connectivity index (χ3n) is 4.12. The summed E-state index contributed by atoms with van der Waals surface area (Å²) in [4.78, 5) is 43.4. The van der Waals surface area contributed by atoms with Gasteiger partial charge in [0.2, 0.25) is 0 Å². The number of rotatable bonds is 6. The number of aromatic amines is 1. The van der Waals surface area contributed by atoms with Crippen molar-refractivity contribution in [3.63, 3.8) is 0 Å². The molecule has 3 rings (SSSR count). The number of benzene rings is 2. The fraction of sp³-hybridized carbons (Fsp3) is 0.200. The molecule has 0 saturated carbocycles. The molecule has 0 saturated heterocycles. The van der Waals surface area contributed by atoms with Crippen molar-refractivity contribution in [1.82, 2.24) is 9.97 Å². The summed E-state index contributed by atoms with van der Waals surface area (Å²) < 4.78 is 5.14. The zero-order valence-corrected chi connectivity index (χ0v) is 16.9. The normalized spacial score (nSPS) is 11.8. The Bertz CT molecular complexity index is 1130. The van der Waals surface area contributed by atoms with Gasteiger partial charge < -0.3 is 15.0 Å². The summed E-state index contributed by atoms with van der Waals surface area (Å²) in [7, 11) is 0. The number of aromatic nitrogens is 2. The molecule has 0 aliphatic heterocycles. The molecule has 1 heterocycles. The number of esters is 1. The highest BCUT2D eigenvalue weighted by Gasteiger charge is 2.19. The number of amides is 1. The van der Waals surface area contributed by atoms with Crippen LogP contribution in [-0.4, -0.2) is 27.9 Å². The Balaban J connectivity index is 1.57. The number of ether oxygens (including phenoxy) is 1. The van der Waals surface area contributed by atoms with Crippen LogP contribution in [0, 0.1) is 0 Å². The Hall–Kier alpha value is -2.90. The maximum atomic E-state index is 12.2. The summed E-state index contributed by atoms with van der Waals surface area (Å²) in [6.45, 7) is 1.44. The van der Waals surface area contributed by atoms with Crippen LogP contribution in [0.15, 0.2) is 47.3 Å². The molecule has 2 N–H and O–H groups in total. The van der Waals surface area contributed by atoms with Gasteiger partial charge in [-0.3, -0.25) is 14.4 Å². The Morgan fingerprint density at radius 2 is 1.93 bits per heavy atom. The van der Waals surface area contributed by atoms with Crippen LogP contribution in [0.2, 0.25) is 10.0 Å². The van der Waals surface area contributed by atoms with Crippen molar-refractivity contribution in [2.45, 2.75) is 25.9 Å². The number of carbonyl (C=O) groups is 2. The second-order valence-corrected chi connectivity index (χ2v) is 7.04. The second kappa shape index (κ2) is 9.07. The number of H-pyrrole nitrogens is 1. The lowest BCUT2D eigenvalue weighted by Crippen LogP contribution is -2.30. The Morgan fingerprint density at radius 1 is 1.17 bits per heavy atom. The van der Waals surface area contributed by atoms with Gasteiger partial charge in [-0.2, -0.15) is 0 Å². The molecule has 3 aromatic rings. The van der Waals surface area contributed by atoms with E-state index in [9.17, 15) is 14.4 Å². The summed E-state index contributed by atoms with van der Waals surface area (Å²) in [5.74, 6) is -1.18. The molecule has 150 valence electrons. The smallest absolute Gasteiger partial charge is 0.306 e. The zero-order valence-electron chi connectivity index (χ0n) is 15.4.